The van der Waals surface area contributed by atoms with Crippen LogP contribution in [0.5, 0.6) is 0 Å². The van der Waals surface area contributed by atoms with Crippen LogP contribution in [0.2, 0.25) is 0 Å². The van der Waals surface area contributed by atoms with Gasteiger partial charge in [0.15, 0.2) is 0 Å². The highest BCUT2D eigenvalue weighted by Gasteiger charge is 2.15. The average Bonchev–Trinajstić information content (AvgIpc) is 2.68. The summed E-state index contributed by atoms with van der Waals surface area (Å²) in [6.45, 7) is 5.81. The zero-order chi connectivity index (χ0) is 14.5. The third-order valence-electron chi connectivity index (χ3n) is 2.00. The van der Waals surface area contributed by atoms with Gasteiger partial charge in [-0.15, -0.1) is 0 Å². The van der Waals surface area contributed by atoms with Gasteiger partial charge in [-0.05, 0) is 55.5 Å². The molecule has 6 heteroatoms. The van der Waals surface area contributed by atoms with Crippen molar-refractivity contribution in [2.45, 2.75) is 26.4 Å². The first-order valence-corrected chi connectivity index (χ1v) is 6.94. The summed E-state index contributed by atoms with van der Waals surface area (Å²) in [4.78, 5) is 11.3. The molecule has 1 amide bonds. The second-order valence-corrected chi connectivity index (χ2v) is 6.03. The van der Waals surface area contributed by atoms with Crippen molar-refractivity contribution in [3.63, 3.8) is 0 Å². The molecule has 0 radical (unpaired) electrons. The Labute approximate surface area is 126 Å². The van der Waals surface area contributed by atoms with E-state index in [1.807, 2.05) is 12.2 Å². The molecular weight excluding hydrogens is 361 g/mol. The van der Waals surface area contributed by atoms with E-state index >= 15 is 0 Å². The van der Waals surface area contributed by atoms with Crippen molar-refractivity contribution in [2.75, 3.05) is 13.2 Å². The number of carbonyl (C=O) groups excluding carboxylic acids is 1. The summed E-state index contributed by atoms with van der Waals surface area (Å²) in [7, 11) is 0. The van der Waals surface area contributed by atoms with Gasteiger partial charge in [-0.1, -0.05) is 6.08 Å². The van der Waals surface area contributed by atoms with Crippen molar-refractivity contribution in [3.05, 3.63) is 33.3 Å². The molecule has 1 aliphatic carbocycles. The number of aliphatic hydroxyl groups is 1. The number of halogens is 1. The van der Waals surface area contributed by atoms with Gasteiger partial charge in [-0.2, -0.15) is 0 Å². The molecule has 2 N–H and O–H groups in total. The Hall–Kier alpha value is -1.18. The van der Waals surface area contributed by atoms with Crippen molar-refractivity contribution in [1.82, 2.24) is 5.32 Å². The maximum atomic E-state index is 11.3. The number of hydrogen-bond acceptors (Lipinski definition) is 4. The average molecular weight is 379 g/mol. The minimum absolute atomic E-state index is 0.139. The number of allylic oxidation sites excluding steroid dienone is 5. The molecule has 1 aliphatic rings. The molecule has 0 spiro atoms. The summed E-state index contributed by atoms with van der Waals surface area (Å²) in [5.74, 6) is -0.139. The summed E-state index contributed by atoms with van der Waals surface area (Å²) in [5.41, 5.74) is 0.128. The van der Waals surface area contributed by atoms with Crippen molar-refractivity contribution in [1.29, 1.82) is 0 Å². The van der Waals surface area contributed by atoms with Crippen LogP contribution in [-0.2, 0) is 9.47 Å². The Bertz CT molecular complexity index is 432. The molecule has 106 valence electrons. The fourth-order valence-electron chi connectivity index (χ4n) is 1.26. The largest absolute Gasteiger partial charge is 0.481 e. The fraction of sp³-hybridized carbons (Fsp3) is 0.462. The second kappa shape index (κ2) is 6.83. The highest BCUT2D eigenvalue weighted by molar-refractivity contribution is 14.1. The Morgan fingerprint density at radius 1 is 1.47 bits per heavy atom. The Balaban J connectivity index is 2.27. The van der Waals surface area contributed by atoms with E-state index in [2.05, 4.69) is 27.9 Å². The predicted molar refractivity (Wildman–Crippen MR) is 81.1 cm³/mol. The van der Waals surface area contributed by atoms with Gasteiger partial charge in [0.1, 0.15) is 12.2 Å². The summed E-state index contributed by atoms with van der Waals surface area (Å²) >= 11 is 2.11. The lowest BCUT2D eigenvalue weighted by atomic mass is 10.2. The van der Waals surface area contributed by atoms with Crippen LogP contribution in [0.1, 0.15) is 20.8 Å². The number of nitrogens with one attached hydrogen (secondary N) is 1. The van der Waals surface area contributed by atoms with Crippen molar-refractivity contribution in [3.8, 4) is 0 Å². The number of rotatable bonds is 4. The van der Waals surface area contributed by atoms with E-state index in [1.54, 1.807) is 26.8 Å². The number of aliphatic hydroxyl groups excluding tert-OH is 1. The Morgan fingerprint density at radius 3 is 2.68 bits per heavy atom. The van der Waals surface area contributed by atoms with Gasteiger partial charge in [0.05, 0.1) is 12.1 Å². The molecule has 0 heterocycles. The molecule has 0 saturated heterocycles. The first kappa shape index (κ1) is 15.9. The molecular formula is C13H18INO4. The zero-order valence-electron chi connectivity index (χ0n) is 11.2. The predicted octanol–water partition coefficient (Wildman–Crippen LogP) is 3.19. The third-order valence-corrected chi connectivity index (χ3v) is 2.94. The molecule has 0 unspecified atom stereocenters. The summed E-state index contributed by atoms with van der Waals surface area (Å²) < 4.78 is 11.1. The van der Waals surface area contributed by atoms with Crippen LogP contribution in [0.4, 0.5) is 4.79 Å². The van der Waals surface area contributed by atoms with Crippen LogP contribution in [-0.4, -0.2) is 30.0 Å². The quantitative estimate of drug-likeness (QED) is 0.447. The van der Waals surface area contributed by atoms with Crippen molar-refractivity contribution in [2.24, 2.45) is 0 Å². The van der Waals surface area contributed by atoms with Crippen LogP contribution >= 0.6 is 22.6 Å². The molecule has 0 aliphatic heterocycles. The van der Waals surface area contributed by atoms with Crippen LogP contribution < -0.4 is 5.32 Å². The topological polar surface area (TPSA) is 67.8 Å². The minimum Gasteiger partial charge on any atom is -0.481 e. The van der Waals surface area contributed by atoms with E-state index in [1.165, 1.54) is 0 Å². The minimum atomic E-state index is -0.523. The summed E-state index contributed by atoms with van der Waals surface area (Å²) in [5, 5.41) is 12.2. The fourth-order valence-corrected chi connectivity index (χ4v) is 1.88. The lowest BCUT2D eigenvalue weighted by molar-refractivity contribution is 0.0482. The molecule has 0 saturated carbocycles. The van der Waals surface area contributed by atoms with Gasteiger partial charge in [-0.25, -0.2) is 4.79 Å². The molecule has 0 fully saturated rings. The van der Waals surface area contributed by atoms with E-state index in [0.29, 0.717) is 5.57 Å². The standard InChI is InChI=1S/C13H18INO4/c1-13(2,3)19-12(17)15-7-8-18-11(16)9-5-4-6-10(9)14/h4-6,16H,7-8H2,1-3H3,(H,15,17)/b11-9-. The maximum Gasteiger partial charge on any atom is 0.407 e. The Morgan fingerprint density at radius 2 is 2.16 bits per heavy atom. The lowest BCUT2D eigenvalue weighted by Crippen LogP contribution is -2.34. The van der Waals surface area contributed by atoms with Crippen LogP contribution in [0.15, 0.2) is 33.3 Å². The van der Waals surface area contributed by atoms with Gasteiger partial charge in [0, 0.05) is 3.58 Å². The van der Waals surface area contributed by atoms with Crippen molar-refractivity contribution < 1.29 is 19.4 Å². The highest BCUT2D eigenvalue weighted by atomic mass is 127. The smallest absolute Gasteiger partial charge is 0.407 e. The number of hydrogen-bond donors (Lipinski definition) is 2. The number of amides is 1. The summed E-state index contributed by atoms with van der Waals surface area (Å²) in [6.07, 6.45) is 4.96. The lowest BCUT2D eigenvalue weighted by Gasteiger charge is -2.19. The zero-order valence-corrected chi connectivity index (χ0v) is 13.4. The molecule has 0 aromatic heterocycles. The van der Waals surface area contributed by atoms with Gasteiger partial charge >= 0.3 is 6.09 Å². The van der Waals surface area contributed by atoms with E-state index in [4.69, 9.17) is 9.47 Å². The monoisotopic (exact) mass is 379 g/mol. The van der Waals surface area contributed by atoms with Gasteiger partial charge in [0.2, 0.25) is 0 Å². The molecule has 19 heavy (non-hydrogen) atoms. The van der Waals surface area contributed by atoms with Gasteiger partial charge in [-0.3, -0.25) is 0 Å². The van der Waals surface area contributed by atoms with E-state index < -0.39 is 11.7 Å². The third kappa shape index (κ3) is 6.00. The maximum absolute atomic E-state index is 11.3. The normalized spacial score (nSPS) is 16.9. The number of alkyl carbamates (subject to hydrolysis) is 1. The van der Waals surface area contributed by atoms with E-state index in [9.17, 15) is 9.90 Å². The molecule has 0 aromatic rings. The van der Waals surface area contributed by atoms with Gasteiger partial charge in [0.25, 0.3) is 5.95 Å². The van der Waals surface area contributed by atoms with Crippen LogP contribution in [0.3, 0.4) is 0 Å². The first-order valence-electron chi connectivity index (χ1n) is 5.87. The van der Waals surface area contributed by atoms with Gasteiger partial charge < -0.3 is 19.9 Å². The SMILES string of the molecule is CC(C)(C)OC(=O)NCCO/C(O)=C1/C=CC=C1I. The van der Waals surface area contributed by atoms with Crippen LogP contribution in [0, 0.1) is 0 Å². The Kier molecular flexibility index (Phi) is 5.71. The molecule has 0 aromatic carbocycles. The number of ether oxygens (including phenoxy) is 2. The number of carbonyl (C=O) groups is 1. The second-order valence-electron chi connectivity index (χ2n) is 4.87. The highest BCUT2D eigenvalue weighted by Crippen LogP contribution is 2.26. The van der Waals surface area contributed by atoms with E-state index in [-0.39, 0.29) is 19.1 Å². The molecule has 0 bridgehead atoms. The van der Waals surface area contributed by atoms with Crippen molar-refractivity contribution >= 4 is 28.7 Å². The first-order chi connectivity index (χ1) is 8.79. The molecule has 0 atom stereocenters. The van der Waals surface area contributed by atoms with E-state index in [0.717, 1.165) is 3.58 Å². The molecule has 1 rings (SSSR count). The summed E-state index contributed by atoms with van der Waals surface area (Å²) in [6, 6.07) is 0. The van der Waals surface area contributed by atoms with Crippen LogP contribution in [0.25, 0.3) is 0 Å². The molecule has 5 nitrogen and oxygen atoms in total.